The monoisotopic (exact) mass is 580 g/mol. The van der Waals surface area contributed by atoms with Crippen LogP contribution >= 0.6 is 23.2 Å². The first-order valence-corrected chi connectivity index (χ1v) is 12.7. The van der Waals surface area contributed by atoms with Gasteiger partial charge in [0, 0.05) is 22.7 Å². The lowest BCUT2D eigenvalue weighted by Gasteiger charge is -2.28. The number of halogens is 5. The molecule has 1 aliphatic rings. The maximum atomic E-state index is 14.0. The molecule has 0 aliphatic heterocycles. The van der Waals surface area contributed by atoms with Gasteiger partial charge in [0.1, 0.15) is 18.9 Å². The second-order valence-electron chi connectivity index (χ2n) is 9.03. The van der Waals surface area contributed by atoms with Gasteiger partial charge in [-0.2, -0.15) is 13.2 Å². The number of benzene rings is 1. The van der Waals surface area contributed by atoms with E-state index in [1.807, 2.05) is 0 Å². The fourth-order valence-electron chi connectivity index (χ4n) is 4.05. The Kier molecular flexibility index (Phi) is 7.45. The minimum Gasteiger partial charge on any atom is -0.343 e. The van der Waals surface area contributed by atoms with E-state index < -0.39 is 36.3 Å². The van der Waals surface area contributed by atoms with E-state index >= 15 is 0 Å². The van der Waals surface area contributed by atoms with Crippen LogP contribution in [0.2, 0.25) is 10.0 Å². The van der Waals surface area contributed by atoms with E-state index in [9.17, 15) is 22.8 Å². The van der Waals surface area contributed by atoms with Crippen LogP contribution in [0.5, 0.6) is 0 Å². The fraction of sp³-hybridized carbons (Fsp3) is 0.333. The minimum atomic E-state index is -4.81. The number of rotatable bonds is 8. The van der Waals surface area contributed by atoms with Crippen LogP contribution in [0.25, 0.3) is 17.2 Å². The second kappa shape index (κ2) is 10.8. The number of carbonyl (C=O) groups is 1. The SMILES string of the molecule is O=C(NC(Cn1c(-c2ccc(Cl)cc2)nn(Cc2ncn(-c3ncccc3Cl)n2)c1=O)C(F)(F)F)C1CCC1. The summed E-state index contributed by atoms with van der Waals surface area (Å²) in [4.78, 5) is 34.0. The van der Waals surface area contributed by atoms with Gasteiger partial charge in [0.2, 0.25) is 5.91 Å². The molecule has 1 atom stereocenters. The topological polar surface area (TPSA) is 113 Å². The van der Waals surface area contributed by atoms with E-state index in [0.29, 0.717) is 34.3 Å². The maximum Gasteiger partial charge on any atom is 0.410 e. The Balaban J connectivity index is 1.49. The van der Waals surface area contributed by atoms with Gasteiger partial charge in [0.25, 0.3) is 0 Å². The number of aromatic nitrogens is 7. The maximum absolute atomic E-state index is 14.0. The molecule has 1 fully saturated rings. The molecule has 1 amide bonds. The van der Waals surface area contributed by atoms with E-state index in [2.05, 4.69) is 25.5 Å². The number of hydrogen-bond acceptors (Lipinski definition) is 6. The van der Waals surface area contributed by atoms with E-state index in [1.54, 1.807) is 12.1 Å². The zero-order valence-electron chi connectivity index (χ0n) is 20.1. The molecule has 0 saturated heterocycles. The normalized spacial score (nSPS) is 14.7. The van der Waals surface area contributed by atoms with Gasteiger partial charge in [-0.05, 0) is 49.2 Å². The van der Waals surface area contributed by atoms with Gasteiger partial charge in [0.15, 0.2) is 17.5 Å². The van der Waals surface area contributed by atoms with Crippen molar-refractivity contribution >= 4 is 29.1 Å². The van der Waals surface area contributed by atoms with E-state index in [0.717, 1.165) is 15.7 Å². The standard InChI is InChI=1S/C24H21Cl2F3N8O2/c25-16-8-6-14(7-9-16)20-34-36(12-19-31-13-37(33-19)21-17(26)5-2-10-30-21)23(39)35(20)11-18(24(27,28)29)32-22(38)15-3-1-4-15/h2,5-10,13,15,18H,1,3-4,11-12H2,(H,32,38). The molecule has 1 aliphatic carbocycles. The van der Waals surface area contributed by atoms with Gasteiger partial charge >= 0.3 is 11.9 Å². The highest BCUT2D eigenvalue weighted by atomic mass is 35.5. The third kappa shape index (κ3) is 5.83. The van der Waals surface area contributed by atoms with Crippen LogP contribution in [0.3, 0.4) is 0 Å². The molecule has 10 nitrogen and oxygen atoms in total. The summed E-state index contributed by atoms with van der Waals surface area (Å²) < 4.78 is 45.2. The second-order valence-corrected chi connectivity index (χ2v) is 9.87. The smallest absolute Gasteiger partial charge is 0.343 e. The molecule has 15 heteroatoms. The van der Waals surface area contributed by atoms with Crippen molar-refractivity contribution in [3.05, 3.63) is 75.3 Å². The molecule has 1 aromatic carbocycles. The Hall–Kier alpha value is -3.71. The summed E-state index contributed by atoms with van der Waals surface area (Å²) in [6.45, 7) is -1.11. The van der Waals surface area contributed by atoms with Crippen molar-refractivity contribution in [1.82, 2.24) is 39.4 Å². The van der Waals surface area contributed by atoms with Crippen molar-refractivity contribution in [2.75, 3.05) is 0 Å². The molecule has 39 heavy (non-hydrogen) atoms. The van der Waals surface area contributed by atoms with Crippen molar-refractivity contribution in [3.63, 3.8) is 0 Å². The van der Waals surface area contributed by atoms with Crippen molar-refractivity contribution in [2.45, 2.75) is 44.6 Å². The van der Waals surface area contributed by atoms with E-state index in [4.69, 9.17) is 23.2 Å². The molecule has 0 radical (unpaired) electrons. The summed E-state index contributed by atoms with van der Waals surface area (Å²) in [6.07, 6.45) is -0.0742. The Morgan fingerprint density at radius 1 is 1.10 bits per heavy atom. The molecule has 204 valence electrons. The zero-order valence-corrected chi connectivity index (χ0v) is 21.7. The third-order valence-corrected chi connectivity index (χ3v) is 6.91. The summed E-state index contributed by atoms with van der Waals surface area (Å²) in [5.41, 5.74) is -0.473. The molecule has 1 saturated carbocycles. The van der Waals surface area contributed by atoms with Crippen molar-refractivity contribution < 1.29 is 18.0 Å². The largest absolute Gasteiger partial charge is 0.410 e. The first kappa shape index (κ1) is 26.9. The number of carbonyl (C=O) groups excluding carboxylic acids is 1. The van der Waals surface area contributed by atoms with Gasteiger partial charge in [-0.25, -0.2) is 24.1 Å². The van der Waals surface area contributed by atoms with Crippen LogP contribution in [0.15, 0.2) is 53.7 Å². The lowest BCUT2D eigenvalue weighted by molar-refractivity contribution is -0.166. The molecule has 1 N–H and O–H groups in total. The number of nitrogens with zero attached hydrogens (tertiary/aromatic N) is 7. The molecule has 3 heterocycles. The van der Waals surface area contributed by atoms with Gasteiger partial charge in [-0.3, -0.25) is 9.36 Å². The molecular weight excluding hydrogens is 560 g/mol. The Bertz CT molecular complexity index is 1540. The fourth-order valence-corrected chi connectivity index (χ4v) is 4.38. The quantitative estimate of drug-likeness (QED) is 0.338. The summed E-state index contributed by atoms with van der Waals surface area (Å²) in [5, 5.41) is 11.4. The lowest BCUT2D eigenvalue weighted by atomic mass is 9.84. The molecule has 0 bridgehead atoms. The average molecular weight is 581 g/mol. The molecule has 4 aromatic rings. The predicted octanol–water partition coefficient (Wildman–Crippen LogP) is 3.89. The van der Waals surface area contributed by atoms with E-state index in [-0.39, 0.29) is 18.2 Å². The highest BCUT2D eigenvalue weighted by Crippen LogP contribution is 2.29. The molecule has 0 spiro atoms. The summed E-state index contributed by atoms with van der Waals surface area (Å²) in [6, 6.07) is 7.12. The zero-order chi connectivity index (χ0) is 27.7. The Morgan fingerprint density at radius 2 is 1.85 bits per heavy atom. The van der Waals surface area contributed by atoms with Gasteiger partial charge in [0.05, 0.1) is 11.6 Å². The van der Waals surface area contributed by atoms with Gasteiger partial charge < -0.3 is 5.32 Å². The molecule has 1 unspecified atom stereocenters. The third-order valence-electron chi connectivity index (χ3n) is 6.36. The van der Waals surface area contributed by atoms with E-state index in [1.165, 1.54) is 41.5 Å². The number of nitrogens with one attached hydrogen (secondary N) is 1. The van der Waals surface area contributed by atoms with Gasteiger partial charge in [-0.1, -0.05) is 29.6 Å². The van der Waals surface area contributed by atoms with Crippen LogP contribution in [-0.2, 0) is 17.9 Å². The first-order chi connectivity index (χ1) is 18.6. The molecule has 3 aromatic heterocycles. The van der Waals surface area contributed by atoms with Crippen LogP contribution in [0.1, 0.15) is 25.1 Å². The summed E-state index contributed by atoms with van der Waals surface area (Å²) in [7, 11) is 0. The van der Waals surface area contributed by atoms with Crippen molar-refractivity contribution in [3.8, 4) is 17.2 Å². The van der Waals surface area contributed by atoms with Crippen molar-refractivity contribution in [2.24, 2.45) is 5.92 Å². The molecule has 5 rings (SSSR count). The van der Waals surface area contributed by atoms with Gasteiger partial charge in [-0.15, -0.1) is 10.2 Å². The average Bonchev–Trinajstić information content (AvgIpc) is 3.43. The minimum absolute atomic E-state index is 0.0315. The Labute approximate surface area is 229 Å². The number of alkyl halides is 3. The highest BCUT2D eigenvalue weighted by Gasteiger charge is 2.43. The van der Waals surface area contributed by atoms with Crippen molar-refractivity contribution in [1.29, 1.82) is 0 Å². The van der Waals surface area contributed by atoms with Crippen LogP contribution in [0.4, 0.5) is 13.2 Å². The Morgan fingerprint density at radius 3 is 2.49 bits per heavy atom. The first-order valence-electron chi connectivity index (χ1n) is 11.9. The summed E-state index contributed by atoms with van der Waals surface area (Å²) in [5.74, 6) is -0.709. The predicted molar refractivity (Wildman–Crippen MR) is 136 cm³/mol. The number of pyridine rings is 1. The number of amides is 1. The molecular formula is C24H21Cl2F3N8O2. The lowest BCUT2D eigenvalue weighted by Crippen LogP contribution is -2.51. The number of hydrogen-bond donors (Lipinski definition) is 1. The highest BCUT2D eigenvalue weighted by molar-refractivity contribution is 6.32. The van der Waals surface area contributed by atoms with Crippen LogP contribution in [0, 0.1) is 5.92 Å². The summed E-state index contributed by atoms with van der Waals surface area (Å²) >= 11 is 12.1. The van der Waals surface area contributed by atoms with Crippen LogP contribution < -0.4 is 11.0 Å². The van der Waals surface area contributed by atoms with Crippen LogP contribution in [-0.4, -0.2) is 52.2 Å².